The maximum atomic E-state index is 15.0. The second-order valence-corrected chi connectivity index (χ2v) is 10.3. The number of thioether (sulfide) groups is 1. The number of anilines is 2. The van der Waals surface area contributed by atoms with Crippen molar-refractivity contribution in [2.45, 2.75) is 26.3 Å². The fourth-order valence-corrected chi connectivity index (χ4v) is 5.05. The number of aliphatic imine (C=N–C) groups is 1. The maximum Gasteiger partial charge on any atom is 0.573 e. The number of amides is 3. The molecule has 4 aromatic rings. The molecule has 44 heavy (non-hydrogen) atoms. The van der Waals surface area contributed by atoms with Crippen LogP contribution in [0.1, 0.15) is 24.2 Å². The van der Waals surface area contributed by atoms with Crippen LogP contribution in [0, 0.1) is 12.7 Å². The van der Waals surface area contributed by atoms with Gasteiger partial charge in [-0.1, -0.05) is 23.9 Å². The minimum Gasteiger partial charge on any atom is -0.404 e. The molecule has 3 heterocycles. The number of ether oxygens (including phenoxy) is 2. The highest BCUT2D eigenvalue weighted by Gasteiger charge is 2.33. The molecule has 5 rings (SSSR count). The monoisotopic (exact) mass is 629 g/mol. The Labute approximate surface area is 251 Å². The molecule has 1 unspecified atom stereocenters. The Bertz CT molecular complexity index is 1740. The number of hydrogen-bond donors (Lipinski definition) is 1. The standard InChI is InChI=1S/C28H23F4N7O4S/c1-15-4-7-19(16(2)42-3)22(10-15)39-24(40)13-44-27(39)36-26(41)35-21-8-5-17(11-20(21)29)25-34-14-38(37-25)23-9-6-18(12-33-23)43-28(30,31)32/h4-12,14,16H,13H2,1-3H3,(H,35,41)/b36-27-. The van der Waals surface area contributed by atoms with Gasteiger partial charge in [-0.25, -0.2) is 23.8 Å². The number of pyridine rings is 1. The third-order valence-corrected chi connectivity index (χ3v) is 7.25. The van der Waals surface area contributed by atoms with Gasteiger partial charge in [-0.3, -0.25) is 9.69 Å². The number of carbonyl (C=O) groups excluding carboxylic acids is 2. The van der Waals surface area contributed by atoms with Crippen molar-refractivity contribution in [3.05, 3.63) is 78.0 Å². The average molecular weight is 630 g/mol. The lowest BCUT2D eigenvalue weighted by molar-refractivity contribution is -0.274. The van der Waals surface area contributed by atoms with E-state index in [1.807, 2.05) is 32.0 Å². The van der Waals surface area contributed by atoms with E-state index in [1.165, 1.54) is 34.1 Å². The lowest BCUT2D eigenvalue weighted by Gasteiger charge is -2.23. The van der Waals surface area contributed by atoms with Crippen LogP contribution in [-0.2, 0) is 9.53 Å². The SMILES string of the molecule is COC(C)c1ccc(C)cc1N1C(=O)CS/C1=N\C(=O)Nc1ccc(-c2ncn(-c3ccc(OC(F)(F)F)cn3)n2)cc1F. The number of nitrogens with one attached hydrogen (secondary N) is 1. The molecule has 2 aromatic carbocycles. The molecule has 0 aliphatic carbocycles. The number of carbonyl (C=O) groups is 2. The number of urea groups is 1. The van der Waals surface area contributed by atoms with Crippen LogP contribution in [0.5, 0.6) is 5.75 Å². The van der Waals surface area contributed by atoms with E-state index in [0.29, 0.717) is 5.69 Å². The van der Waals surface area contributed by atoms with Gasteiger partial charge < -0.3 is 14.8 Å². The number of aromatic nitrogens is 4. The highest BCUT2D eigenvalue weighted by atomic mass is 32.2. The highest BCUT2D eigenvalue weighted by Crippen LogP contribution is 2.35. The predicted octanol–water partition coefficient (Wildman–Crippen LogP) is 6.05. The van der Waals surface area contributed by atoms with Gasteiger partial charge in [0.1, 0.15) is 17.9 Å². The summed E-state index contributed by atoms with van der Waals surface area (Å²) in [5.41, 5.74) is 2.26. The van der Waals surface area contributed by atoms with Crippen molar-refractivity contribution >= 4 is 40.2 Å². The number of benzene rings is 2. The van der Waals surface area contributed by atoms with Gasteiger partial charge in [0, 0.05) is 18.2 Å². The molecule has 1 atom stereocenters. The highest BCUT2D eigenvalue weighted by molar-refractivity contribution is 8.15. The molecule has 0 saturated carbocycles. The predicted molar refractivity (Wildman–Crippen MR) is 154 cm³/mol. The van der Waals surface area contributed by atoms with Crippen LogP contribution in [0.25, 0.3) is 17.2 Å². The van der Waals surface area contributed by atoms with E-state index >= 15 is 4.39 Å². The summed E-state index contributed by atoms with van der Waals surface area (Å²) in [5, 5.41) is 6.72. The fourth-order valence-electron chi connectivity index (χ4n) is 4.19. The molecular weight excluding hydrogens is 606 g/mol. The zero-order valence-corrected chi connectivity index (χ0v) is 24.1. The van der Waals surface area contributed by atoms with Crippen molar-refractivity contribution < 1.29 is 36.6 Å². The van der Waals surface area contributed by atoms with E-state index in [1.54, 1.807) is 7.11 Å². The van der Waals surface area contributed by atoms with Crippen LogP contribution in [-0.4, -0.2) is 56.1 Å². The fraction of sp³-hybridized carbons (Fsp3) is 0.214. The van der Waals surface area contributed by atoms with Crippen molar-refractivity contribution in [1.82, 2.24) is 19.7 Å². The molecule has 1 N–H and O–H groups in total. The van der Waals surface area contributed by atoms with Gasteiger partial charge in [-0.2, -0.15) is 4.99 Å². The zero-order valence-electron chi connectivity index (χ0n) is 23.3. The first-order valence-corrected chi connectivity index (χ1v) is 13.8. The Hall–Kier alpha value is -4.83. The van der Waals surface area contributed by atoms with Crippen LogP contribution in [0.2, 0.25) is 0 Å². The lowest BCUT2D eigenvalue weighted by Crippen LogP contribution is -2.31. The molecule has 11 nitrogen and oxygen atoms in total. The zero-order chi connectivity index (χ0) is 31.6. The first-order chi connectivity index (χ1) is 20.9. The summed E-state index contributed by atoms with van der Waals surface area (Å²) in [6.07, 6.45) is -3.05. The van der Waals surface area contributed by atoms with Crippen LogP contribution in [0.3, 0.4) is 0 Å². The van der Waals surface area contributed by atoms with Gasteiger partial charge in [0.2, 0.25) is 5.91 Å². The minimum atomic E-state index is -4.85. The van der Waals surface area contributed by atoms with Gasteiger partial charge in [-0.15, -0.1) is 18.3 Å². The van der Waals surface area contributed by atoms with Crippen molar-refractivity contribution in [2.24, 2.45) is 4.99 Å². The molecular formula is C28H23F4N7O4S. The number of nitrogens with zero attached hydrogens (tertiary/aromatic N) is 6. The normalized spacial score (nSPS) is 15.1. The Kier molecular flexibility index (Phi) is 8.64. The molecule has 0 spiro atoms. The number of amidine groups is 1. The summed E-state index contributed by atoms with van der Waals surface area (Å²) in [4.78, 5) is 39.0. The summed E-state index contributed by atoms with van der Waals surface area (Å²) >= 11 is 1.08. The Balaban J connectivity index is 1.31. The van der Waals surface area contributed by atoms with Gasteiger partial charge in [0.05, 0.1) is 29.4 Å². The van der Waals surface area contributed by atoms with Crippen molar-refractivity contribution in [3.8, 4) is 23.0 Å². The average Bonchev–Trinajstić information content (AvgIpc) is 3.60. The molecule has 3 amide bonds. The third kappa shape index (κ3) is 6.86. The Morgan fingerprint density at radius 3 is 2.61 bits per heavy atom. The van der Waals surface area contributed by atoms with E-state index in [2.05, 4.69) is 30.1 Å². The quantitative estimate of drug-likeness (QED) is 0.245. The van der Waals surface area contributed by atoms with Gasteiger partial charge in [0.15, 0.2) is 16.8 Å². The molecule has 1 aliphatic rings. The van der Waals surface area contributed by atoms with Crippen molar-refractivity contribution in [2.75, 3.05) is 23.1 Å². The van der Waals surface area contributed by atoms with Crippen LogP contribution < -0.4 is 15.0 Å². The van der Waals surface area contributed by atoms with Crippen LogP contribution in [0.15, 0.2) is 66.0 Å². The molecule has 0 bridgehead atoms. The smallest absolute Gasteiger partial charge is 0.404 e. The molecule has 1 fully saturated rings. The van der Waals surface area contributed by atoms with E-state index in [4.69, 9.17) is 4.74 Å². The molecule has 228 valence electrons. The number of halogens is 4. The molecule has 2 aromatic heterocycles. The molecule has 1 saturated heterocycles. The van der Waals surface area contributed by atoms with Gasteiger partial charge in [-0.05, 0) is 55.8 Å². The number of methoxy groups -OCH3 is 1. The van der Waals surface area contributed by atoms with Crippen LogP contribution >= 0.6 is 11.8 Å². The minimum absolute atomic E-state index is 0.0740. The first kappa shape index (κ1) is 30.6. The summed E-state index contributed by atoms with van der Waals surface area (Å²) in [6.45, 7) is 3.71. The Morgan fingerprint density at radius 1 is 1.14 bits per heavy atom. The molecule has 1 aliphatic heterocycles. The largest absolute Gasteiger partial charge is 0.573 e. The number of alkyl halides is 3. The molecule has 0 radical (unpaired) electrons. The summed E-state index contributed by atoms with van der Waals surface area (Å²) < 4.78 is 62.6. The topological polar surface area (TPSA) is 124 Å². The van der Waals surface area contributed by atoms with E-state index in [-0.39, 0.29) is 45.8 Å². The van der Waals surface area contributed by atoms with Gasteiger partial charge >= 0.3 is 12.4 Å². The third-order valence-electron chi connectivity index (χ3n) is 6.33. The summed E-state index contributed by atoms with van der Waals surface area (Å²) in [5.74, 6) is -1.26. The number of rotatable bonds is 7. The van der Waals surface area contributed by atoms with Crippen molar-refractivity contribution in [3.63, 3.8) is 0 Å². The van der Waals surface area contributed by atoms with Crippen molar-refractivity contribution in [1.29, 1.82) is 0 Å². The second-order valence-electron chi connectivity index (χ2n) is 9.39. The maximum absolute atomic E-state index is 15.0. The van der Waals surface area contributed by atoms with E-state index in [9.17, 15) is 22.8 Å². The first-order valence-electron chi connectivity index (χ1n) is 12.8. The number of aryl methyl sites for hydroxylation is 1. The summed E-state index contributed by atoms with van der Waals surface area (Å²) in [7, 11) is 1.55. The van der Waals surface area contributed by atoms with Gasteiger partial charge in [0.25, 0.3) is 0 Å². The summed E-state index contributed by atoms with van der Waals surface area (Å²) in [6, 6.07) is 10.8. The van der Waals surface area contributed by atoms with E-state index < -0.39 is 24.0 Å². The Morgan fingerprint density at radius 2 is 1.93 bits per heavy atom. The molecule has 16 heteroatoms. The van der Waals surface area contributed by atoms with Crippen LogP contribution in [0.4, 0.5) is 33.7 Å². The number of hydrogen-bond acceptors (Lipinski definition) is 8. The van der Waals surface area contributed by atoms with E-state index in [0.717, 1.165) is 41.2 Å². The second kappa shape index (κ2) is 12.4. The lowest BCUT2D eigenvalue weighted by atomic mass is 10.0.